The van der Waals surface area contributed by atoms with Crippen LogP contribution in [0.2, 0.25) is 10.0 Å². The SMILES string of the molecule is O=C(N/N=C/c1c(Cl)cccc1Cl)c1ccc(C2SCC(=O)N2Cc2ccccc2)cc1. The molecule has 1 N–H and O–H groups in total. The fourth-order valence-electron chi connectivity index (χ4n) is 3.33. The molecule has 1 heterocycles. The van der Waals surface area contributed by atoms with Crippen molar-refractivity contribution in [2.75, 3.05) is 5.75 Å². The Morgan fingerprint density at radius 2 is 1.72 bits per heavy atom. The van der Waals surface area contributed by atoms with Gasteiger partial charge in [-0.05, 0) is 35.4 Å². The molecule has 162 valence electrons. The van der Waals surface area contributed by atoms with Crippen LogP contribution >= 0.6 is 35.0 Å². The van der Waals surface area contributed by atoms with Gasteiger partial charge in [-0.2, -0.15) is 5.10 Å². The Hall–Kier alpha value is -2.80. The van der Waals surface area contributed by atoms with Gasteiger partial charge in [0, 0.05) is 17.7 Å². The second-order valence-corrected chi connectivity index (χ2v) is 9.01. The first kappa shape index (κ1) is 22.4. The smallest absolute Gasteiger partial charge is 0.271 e. The third-order valence-electron chi connectivity index (χ3n) is 4.98. The number of rotatable bonds is 6. The number of nitrogens with zero attached hydrogens (tertiary/aromatic N) is 2. The molecule has 1 atom stereocenters. The van der Waals surface area contributed by atoms with Gasteiger partial charge in [-0.25, -0.2) is 5.43 Å². The molecule has 32 heavy (non-hydrogen) atoms. The number of hydrazone groups is 1. The number of carbonyl (C=O) groups is 2. The molecule has 2 amide bonds. The number of thioether (sulfide) groups is 1. The zero-order valence-corrected chi connectivity index (χ0v) is 19.2. The van der Waals surface area contributed by atoms with Gasteiger partial charge in [0.05, 0.1) is 22.0 Å². The van der Waals surface area contributed by atoms with E-state index >= 15 is 0 Å². The minimum absolute atomic E-state index is 0.0831. The predicted molar refractivity (Wildman–Crippen MR) is 130 cm³/mol. The summed E-state index contributed by atoms with van der Waals surface area (Å²) in [5.41, 5.74) is 5.53. The van der Waals surface area contributed by atoms with Crippen molar-refractivity contribution in [3.8, 4) is 0 Å². The summed E-state index contributed by atoms with van der Waals surface area (Å²) in [7, 11) is 0. The Balaban J connectivity index is 1.42. The van der Waals surface area contributed by atoms with E-state index in [1.807, 2.05) is 47.4 Å². The van der Waals surface area contributed by atoms with Gasteiger partial charge in [0.25, 0.3) is 5.91 Å². The fourth-order valence-corrected chi connectivity index (χ4v) is 5.02. The maximum absolute atomic E-state index is 12.4. The Labute approximate surface area is 200 Å². The number of halogens is 2. The van der Waals surface area contributed by atoms with Crippen LogP contribution in [0.5, 0.6) is 0 Å². The molecule has 0 aromatic heterocycles. The van der Waals surface area contributed by atoms with Crippen molar-refractivity contribution in [2.45, 2.75) is 11.9 Å². The molecule has 1 aliphatic heterocycles. The van der Waals surface area contributed by atoms with Gasteiger partial charge in [-0.3, -0.25) is 9.59 Å². The van der Waals surface area contributed by atoms with Crippen molar-refractivity contribution in [1.82, 2.24) is 10.3 Å². The van der Waals surface area contributed by atoms with Gasteiger partial charge in [0.1, 0.15) is 5.37 Å². The average Bonchev–Trinajstić information content (AvgIpc) is 3.16. The average molecular weight is 484 g/mol. The number of hydrogen-bond donors (Lipinski definition) is 1. The summed E-state index contributed by atoms with van der Waals surface area (Å²) in [6.45, 7) is 0.554. The monoisotopic (exact) mass is 483 g/mol. The van der Waals surface area contributed by atoms with E-state index in [4.69, 9.17) is 23.2 Å². The van der Waals surface area contributed by atoms with Crippen molar-refractivity contribution in [2.24, 2.45) is 5.10 Å². The van der Waals surface area contributed by atoms with Crippen LogP contribution in [-0.2, 0) is 11.3 Å². The largest absolute Gasteiger partial charge is 0.322 e. The van der Waals surface area contributed by atoms with E-state index in [1.165, 1.54) is 6.21 Å². The topological polar surface area (TPSA) is 61.8 Å². The molecule has 5 nitrogen and oxygen atoms in total. The zero-order chi connectivity index (χ0) is 22.5. The van der Waals surface area contributed by atoms with E-state index in [9.17, 15) is 9.59 Å². The van der Waals surface area contributed by atoms with E-state index in [1.54, 1.807) is 42.1 Å². The van der Waals surface area contributed by atoms with Gasteiger partial charge in [-0.15, -0.1) is 11.8 Å². The molecule has 1 unspecified atom stereocenters. The van der Waals surface area contributed by atoms with Gasteiger partial charge >= 0.3 is 0 Å². The summed E-state index contributed by atoms with van der Waals surface area (Å²) in [5, 5.41) is 4.77. The lowest BCUT2D eigenvalue weighted by Crippen LogP contribution is -2.27. The zero-order valence-electron chi connectivity index (χ0n) is 16.9. The summed E-state index contributed by atoms with van der Waals surface area (Å²) in [6, 6.07) is 22.2. The van der Waals surface area contributed by atoms with Crippen molar-refractivity contribution in [1.29, 1.82) is 0 Å². The second-order valence-electron chi connectivity index (χ2n) is 7.13. The molecule has 0 bridgehead atoms. The molecule has 3 aromatic carbocycles. The summed E-state index contributed by atoms with van der Waals surface area (Å²) < 4.78 is 0. The highest BCUT2D eigenvalue weighted by Crippen LogP contribution is 2.39. The van der Waals surface area contributed by atoms with Gasteiger partial charge in [0.2, 0.25) is 5.91 Å². The van der Waals surface area contributed by atoms with Gasteiger partial charge in [-0.1, -0.05) is 71.7 Å². The first-order valence-electron chi connectivity index (χ1n) is 9.85. The highest BCUT2D eigenvalue weighted by molar-refractivity contribution is 8.00. The van der Waals surface area contributed by atoms with Gasteiger partial charge < -0.3 is 4.90 Å². The number of carbonyl (C=O) groups excluding carboxylic acids is 2. The van der Waals surface area contributed by atoms with Crippen molar-refractivity contribution in [3.05, 3.63) is 105 Å². The Bertz CT molecular complexity index is 1130. The highest BCUT2D eigenvalue weighted by atomic mass is 35.5. The number of benzene rings is 3. The lowest BCUT2D eigenvalue weighted by atomic mass is 10.1. The van der Waals surface area contributed by atoms with Crippen LogP contribution in [-0.4, -0.2) is 28.7 Å². The third-order valence-corrected chi connectivity index (χ3v) is 6.90. The maximum Gasteiger partial charge on any atom is 0.271 e. The van der Waals surface area contributed by atoms with Crippen LogP contribution in [0.1, 0.15) is 32.4 Å². The van der Waals surface area contributed by atoms with E-state index in [2.05, 4.69) is 10.5 Å². The standard InChI is InChI=1S/C24H19Cl2N3O2S/c25-20-7-4-8-21(26)19(20)13-27-28-23(31)17-9-11-18(12-10-17)24-29(22(30)15-32-24)14-16-5-2-1-3-6-16/h1-13,24H,14-15H2,(H,28,31)/b27-13+. The highest BCUT2D eigenvalue weighted by Gasteiger charge is 2.32. The van der Waals surface area contributed by atoms with Crippen LogP contribution in [0.15, 0.2) is 77.9 Å². The van der Waals surface area contributed by atoms with Crippen LogP contribution in [0.25, 0.3) is 0 Å². The summed E-state index contributed by atoms with van der Waals surface area (Å²) in [5.74, 6) is 0.199. The Morgan fingerprint density at radius 1 is 1.03 bits per heavy atom. The minimum Gasteiger partial charge on any atom is -0.322 e. The number of amides is 2. The van der Waals surface area contributed by atoms with Crippen LogP contribution in [0, 0.1) is 0 Å². The normalized spacial score (nSPS) is 16.0. The molecule has 1 saturated heterocycles. The molecule has 1 fully saturated rings. The predicted octanol–water partition coefficient (Wildman–Crippen LogP) is 5.53. The first-order chi connectivity index (χ1) is 15.5. The second kappa shape index (κ2) is 10.2. The van der Waals surface area contributed by atoms with E-state index in [0.29, 0.717) is 33.5 Å². The number of nitrogens with one attached hydrogen (secondary N) is 1. The molecule has 0 aliphatic carbocycles. The molecule has 1 aliphatic rings. The molecule has 0 spiro atoms. The summed E-state index contributed by atoms with van der Waals surface area (Å²) in [4.78, 5) is 26.7. The van der Waals surface area contributed by atoms with Crippen LogP contribution in [0.3, 0.4) is 0 Å². The van der Waals surface area contributed by atoms with E-state index in [-0.39, 0.29) is 17.2 Å². The lowest BCUT2D eigenvalue weighted by Gasteiger charge is -2.24. The third kappa shape index (κ3) is 5.15. The minimum atomic E-state index is -0.354. The summed E-state index contributed by atoms with van der Waals surface area (Å²) >= 11 is 13.8. The lowest BCUT2D eigenvalue weighted by molar-refractivity contribution is -0.128. The van der Waals surface area contributed by atoms with Crippen molar-refractivity contribution >= 4 is 53.0 Å². The van der Waals surface area contributed by atoms with Crippen LogP contribution in [0.4, 0.5) is 0 Å². The van der Waals surface area contributed by atoms with Gasteiger partial charge in [0.15, 0.2) is 0 Å². The Morgan fingerprint density at radius 3 is 2.41 bits per heavy atom. The first-order valence-corrected chi connectivity index (χ1v) is 11.7. The molecule has 4 rings (SSSR count). The Kier molecular flexibility index (Phi) is 7.15. The molecule has 0 radical (unpaired) electrons. The van der Waals surface area contributed by atoms with E-state index in [0.717, 1.165) is 11.1 Å². The maximum atomic E-state index is 12.4. The van der Waals surface area contributed by atoms with Crippen LogP contribution < -0.4 is 5.43 Å². The molecule has 3 aromatic rings. The number of hydrogen-bond acceptors (Lipinski definition) is 4. The molecule has 0 saturated carbocycles. The van der Waals surface area contributed by atoms with E-state index < -0.39 is 0 Å². The molecule has 8 heteroatoms. The quantitative estimate of drug-likeness (QED) is 0.370. The molecular formula is C24H19Cl2N3O2S. The summed E-state index contributed by atoms with van der Waals surface area (Å²) in [6.07, 6.45) is 1.42. The molecular weight excluding hydrogens is 465 g/mol. The van der Waals surface area contributed by atoms with Crippen molar-refractivity contribution < 1.29 is 9.59 Å². The fraction of sp³-hybridized carbons (Fsp3) is 0.125. The van der Waals surface area contributed by atoms with Crippen molar-refractivity contribution in [3.63, 3.8) is 0 Å².